The molecule has 234 valence electrons. The number of aliphatic hydroxyl groups excluding tert-OH is 1. The van der Waals surface area contributed by atoms with Crippen LogP contribution >= 0.6 is 0 Å². The van der Waals surface area contributed by atoms with Gasteiger partial charge in [-0.3, -0.25) is 14.4 Å². The van der Waals surface area contributed by atoms with Crippen LogP contribution < -0.4 is 30.7 Å². The Morgan fingerprint density at radius 3 is 2.53 bits per heavy atom. The molecule has 0 spiro atoms. The summed E-state index contributed by atoms with van der Waals surface area (Å²) in [6.45, 7) is -0.110. The molecule has 2 aromatic rings. The summed E-state index contributed by atoms with van der Waals surface area (Å²) in [6.07, 6.45) is -0.205. The largest absolute Gasteiger partial charge is 0.507 e. The number of aromatic hydroxyl groups is 1. The Kier molecular flexibility index (Phi) is 6.99. The zero-order chi connectivity index (χ0) is 32.4. The number of allylic oxidation sites excluding steroid dienone is 1. The normalized spacial score (nSPS) is 23.2. The third-order valence-electron chi connectivity index (χ3n) is 8.77. The van der Waals surface area contributed by atoms with E-state index in [1.165, 1.54) is 0 Å². The first-order chi connectivity index (χ1) is 21.4. The predicted octanol–water partition coefficient (Wildman–Crippen LogP) is 1.75. The molecule has 0 radical (unpaired) electrons. The summed E-state index contributed by atoms with van der Waals surface area (Å²) in [5.41, 5.74) is 2.59. The first-order valence-electron chi connectivity index (χ1n) is 14.0. The number of rotatable bonds is 6. The number of carbonyl (C=O) groups excluding carboxylic acids is 4. The van der Waals surface area contributed by atoms with Gasteiger partial charge in [0.05, 0.1) is 5.56 Å². The maximum atomic E-state index is 13.8. The molecule has 4 aliphatic rings. The highest BCUT2D eigenvalue weighted by Crippen LogP contribution is 2.53. The molecule has 7 N–H and O–H groups in total. The van der Waals surface area contributed by atoms with Crippen LogP contribution in [0.15, 0.2) is 46.3 Å². The summed E-state index contributed by atoms with van der Waals surface area (Å²) in [5, 5.41) is 42.4. The standard InChI is InChI=1S/C30H29N5O10/c1-35(2)18-7-13(10-32-29(41)33-15-3-4-19-20(9-15)45-11-44-19)24(36)22-16(18)6-12-5-14-8-17(34-43)23(28(31)40)27(39)30(14,42)26(38)21(12)25(22)37/h3-4,7,9,12,14,36-37,42H,5-6,8,10-11H2,1-2H3,(H2,31,40)(H2,32,33,41)/t12-,14+,30+/m1/s1. The molecule has 45 heavy (non-hydrogen) atoms. The van der Waals surface area contributed by atoms with Crippen LogP contribution in [0.3, 0.4) is 0 Å². The number of amides is 3. The lowest BCUT2D eigenvalue weighted by Gasteiger charge is -2.45. The molecule has 1 heterocycles. The number of hydrogen-bond acceptors (Lipinski definition) is 12. The van der Waals surface area contributed by atoms with Crippen molar-refractivity contribution in [3.05, 3.63) is 62.7 Å². The van der Waals surface area contributed by atoms with Gasteiger partial charge in [0, 0.05) is 61.6 Å². The van der Waals surface area contributed by atoms with Crippen LogP contribution in [0, 0.1) is 16.7 Å². The summed E-state index contributed by atoms with van der Waals surface area (Å²) in [6, 6.07) is 5.92. The van der Waals surface area contributed by atoms with E-state index in [1.807, 2.05) is 0 Å². The van der Waals surface area contributed by atoms with Crippen LogP contribution in [0.1, 0.15) is 29.5 Å². The average molecular weight is 620 g/mol. The highest BCUT2D eigenvalue weighted by atomic mass is 16.7. The van der Waals surface area contributed by atoms with E-state index in [2.05, 4.69) is 15.8 Å². The molecule has 3 aliphatic carbocycles. The molecule has 0 unspecified atom stereocenters. The molecule has 6 rings (SSSR count). The summed E-state index contributed by atoms with van der Waals surface area (Å²) in [7, 11) is 3.49. The Morgan fingerprint density at radius 2 is 1.84 bits per heavy atom. The number of nitrogens with two attached hydrogens (primary N) is 1. The number of benzene rings is 2. The molecule has 15 nitrogen and oxygen atoms in total. The molecule has 0 aromatic heterocycles. The van der Waals surface area contributed by atoms with Gasteiger partial charge in [0.15, 0.2) is 17.1 Å². The van der Waals surface area contributed by atoms with Gasteiger partial charge in [-0.1, -0.05) is 0 Å². The van der Waals surface area contributed by atoms with Crippen LogP contribution in [-0.2, 0) is 27.3 Å². The summed E-state index contributed by atoms with van der Waals surface area (Å²) in [4.78, 5) is 65.0. The number of nitroso groups, excluding NO2 is 1. The zero-order valence-electron chi connectivity index (χ0n) is 24.2. The number of phenolic OH excluding ortho intramolecular Hbond substituents is 1. The van der Waals surface area contributed by atoms with Crippen LogP contribution in [0.2, 0.25) is 0 Å². The van der Waals surface area contributed by atoms with Gasteiger partial charge < -0.3 is 46.1 Å². The van der Waals surface area contributed by atoms with E-state index in [0.29, 0.717) is 28.4 Å². The van der Waals surface area contributed by atoms with Gasteiger partial charge in [0.1, 0.15) is 22.8 Å². The number of phenols is 1. The molecule has 2 aromatic carbocycles. The number of Topliss-reactive ketones (excluding diaryl/α,β-unsaturated/α-hetero) is 2. The smallest absolute Gasteiger partial charge is 0.319 e. The zero-order valence-corrected chi connectivity index (χ0v) is 24.2. The molecular weight excluding hydrogens is 590 g/mol. The number of nitrogens with one attached hydrogen (secondary N) is 2. The molecule has 1 fully saturated rings. The Morgan fingerprint density at radius 1 is 1.11 bits per heavy atom. The first kappa shape index (κ1) is 29.6. The molecule has 0 saturated heterocycles. The number of nitrogens with zero attached hydrogens (tertiary/aromatic N) is 2. The molecule has 1 aliphatic heterocycles. The van der Waals surface area contributed by atoms with Gasteiger partial charge in [-0.05, 0) is 47.7 Å². The van der Waals surface area contributed by atoms with E-state index in [1.54, 1.807) is 43.3 Å². The minimum atomic E-state index is -2.76. The average Bonchev–Trinajstić information content (AvgIpc) is 3.45. The molecule has 3 amide bonds. The summed E-state index contributed by atoms with van der Waals surface area (Å²) in [5.74, 6) is -5.61. The number of urea groups is 1. The third kappa shape index (κ3) is 4.54. The molecular formula is C30H29N5O10. The monoisotopic (exact) mass is 619 g/mol. The fraction of sp³-hybridized carbons (Fsp3) is 0.333. The molecule has 15 heteroatoms. The minimum Gasteiger partial charge on any atom is -0.507 e. The van der Waals surface area contributed by atoms with Crippen molar-refractivity contribution in [3.63, 3.8) is 0 Å². The van der Waals surface area contributed by atoms with Crippen molar-refractivity contribution in [2.75, 3.05) is 31.1 Å². The number of aliphatic hydroxyl groups is 2. The molecule has 1 saturated carbocycles. The Labute approximate surface area is 255 Å². The lowest BCUT2D eigenvalue weighted by Crippen LogP contribution is -2.61. The van der Waals surface area contributed by atoms with Crippen molar-refractivity contribution in [3.8, 4) is 17.2 Å². The Balaban J connectivity index is 1.34. The van der Waals surface area contributed by atoms with Crippen molar-refractivity contribution >= 4 is 40.6 Å². The topological polar surface area (TPSA) is 230 Å². The van der Waals surface area contributed by atoms with Gasteiger partial charge in [0.25, 0.3) is 5.91 Å². The number of ether oxygens (including phenoxy) is 2. The molecule has 0 bridgehead atoms. The Bertz CT molecular complexity index is 1780. The van der Waals surface area contributed by atoms with Crippen LogP contribution in [0.25, 0.3) is 5.76 Å². The van der Waals surface area contributed by atoms with Gasteiger partial charge in [-0.2, -0.15) is 0 Å². The lowest BCUT2D eigenvalue weighted by molar-refractivity contribution is -0.157. The van der Waals surface area contributed by atoms with Crippen LogP contribution in [0.5, 0.6) is 17.2 Å². The maximum absolute atomic E-state index is 13.8. The fourth-order valence-electron chi connectivity index (χ4n) is 6.66. The van der Waals surface area contributed by atoms with Gasteiger partial charge in [-0.15, -0.1) is 4.91 Å². The summed E-state index contributed by atoms with van der Waals surface area (Å²) < 4.78 is 10.6. The second-order valence-corrected chi connectivity index (χ2v) is 11.5. The van der Waals surface area contributed by atoms with Crippen molar-refractivity contribution in [1.82, 2.24) is 5.32 Å². The maximum Gasteiger partial charge on any atom is 0.319 e. The minimum absolute atomic E-state index is 0.00512. The van der Waals surface area contributed by atoms with Crippen LogP contribution in [0.4, 0.5) is 16.2 Å². The van der Waals surface area contributed by atoms with Gasteiger partial charge in [0.2, 0.25) is 18.4 Å². The van der Waals surface area contributed by atoms with Crippen LogP contribution in [-0.4, -0.2) is 65.3 Å². The van der Waals surface area contributed by atoms with E-state index in [-0.39, 0.29) is 49.3 Å². The quantitative estimate of drug-likeness (QED) is 0.155. The highest BCUT2D eigenvalue weighted by Gasteiger charge is 2.61. The van der Waals surface area contributed by atoms with Crippen molar-refractivity contribution in [2.45, 2.75) is 31.4 Å². The van der Waals surface area contributed by atoms with E-state index in [9.17, 15) is 39.4 Å². The third-order valence-corrected chi connectivity index (χ3v) is 8.77. The predicted molar refractivity (Wildman–Crippen MR) is 157 cm³/mol. The number of fused-ring (bicyclic) bond motifs is 4. The van der Waals surface area contributed by atoms with E-state index in [4.69, 9.17) is 15.2 Å². The first-order valence-corrected chi connectivity index (χ1v) is 14.0. The van der Waals surface area contributed by atoms with Crippen molar-refractivity contribution < 1.29 is 44.0 Å². The van der Waals surface area contributed by atoms with Crippen molar-refractivity contribution in [2.24, 2.45) is 22.7 Å². The number of ketones is 2. The summed E-state index contributed by atoms with van der Waals surface area (Å²) >= 11 is 0. The van der Waals surface area contributed by atoms with Crippen molar-refractivity contribution in [1.29, 1.82) is 0 Å². The van der Waals surface area contributed by atoms with Gasteiger partial charge in [-0.25, -0.2) is 4.79 Å². The highest BCUT2D eigenvalue weighted by molar-refractivity contribution is 6.32. The van der Waals surface area contributed by atoms with Gasteiger partial charge >= 0.3 is 6.03 Å². The van der Waals surface area contributed by atoms with E-state index >= 15 is 0 Å². The number of hydrogen-bond donors (Lipinski definition) is 6. The second-order valence-electron chi connectivity index (χ2n) is 11.5. The van der Waals surface area contributed by atoms with E-state index < -0.39 is 63.7 Å². The SMILES string of the molecule is CN(C)c1cc(CNC(=O)Nc2ccc3c(c2)OCO3)c(O)c2c1C[C@H]1C[C@H]3CC(N=O)=C(C(N)=O)C(=O)[C@@]3(O)C(=O)C1=C2O. The number of primary amides is 1. The fourth-order valence-corrected chi connectivity index (χ4v) is 6.66. The Hall–Kier alpha value is -5.44. The lowest BCUT2D eigenvalue weighted by atomic mass is 9.58. The molecule has 3 atom stereocenters. The van der Waals surface area contributed by atoms with E-state index in [0.717, 1.165) is 0 Å². The number of anilines is 2. The second kappa shape index (κ2) is 10.6. The number of carbonyl (C=O) groups is 4.